The summed E-state index contributed by atoms with van der Waals surface area (Å²) in [6, 6.07) is 10.1. The first-order valence-electron chi connectivity index (χ1n) is 4.47. The average molecular weight is 183 g/mol. The number of rotatable bonds is 0. The molecule has 3 aromatic rings. The van der Waals surface area contributed by atoms with E-state index < -0.39 is 0 Å². The molecule has 0 radical (unpaired) electrons. The second-order valence-electron chi connectivity index (χ2n) is 3.29. The van der Waals surface area contributed by atoms with Gasteiger partial charge in [-0.2, -0.15) is 0 Å². The maximum Gasteiger partial charge on any atom is 0.147 e. The minimum atomic E-state index is 0.554. The van der Waals surface area contributed by atoms with Crippen molar-refractivity contribution in [2.75, 3.05) is 5.73 Å². The molecule has 68 valence electrons. The van der Waals surface area contributed by atoms with E-state index in [1.165, 1.54) is 5.39 Å². The lowest BCUT2D eigenvalue weighted by atomic mass is 10.2. The molecular weight excluding hydrogens is 174 g/mol. The molecule has 0 amide bonds. The largest absolute Gasteiger partial charge is 0.382 e. The predicted octanol–water partition coefficient (Wildman–Crippen LogP) is 2.30. The Balaban J connectivity index is 2.63. The highest BCUT2D eigenvalue weighted by atomic mass is 14.9. The number of aromatic nitrogens is 2. The van der Waals surface area contributed by atoms with Crippen LogP contribution in [0.4, 0.5) is 5.82 Å². The standard InChI is InChI=1S/C11H9N3/c12-11-10-8(5-6-13-11)7-3-1-2-4-9(7)14-10/h1-6,14H,(H2,12,13). The van der Waals surface area contributed by atoms with Crippen molar-refractivity contribution in [3.8, 4) is 0 Å². The monoisotopic (exact) mass is 183 g/mol. The maximum atomic E-state index is 5.78. The van der Waals surface area contributed by atoms with Crippen LogP contribution in [0.5, 0.6) is 0 Å². The van der Waals surface area contributed by atoms with Crippen molar-refractivity contribution in [2.45, 2.75) is 0 Å². The number of anilines is 1. The highest BCUT2D eigenvalue weighted by molar-refractivity contribution is 6.09. The number of hydrogen-bond donors (Lipinski definition) is 2. The van der Waals surface area contributed by atoms with Crippen LogP contribution in [-0.4, -0.2) is 9.97 Å². The first-order chi connectivity index (χ1) is 6.86. The molecule has 3 N–H and O–H groups in total. The van der Waals surface area contributed by atoms with Gasteiger partial charge in [-0.3, -0.25) is 0 Å². The molecule has 0 bridgehead atoms. The molecule has 0 aliphatic rings. The van der Waals surface area contributed by atoms with E-state index in [0.29, 0.717) is 5.82 Å². The highest BCUT2D eigenvalue weighted by Gasteiger charge is 2.05. The summed E-state index contributed by atoms with van der Waals surface area (Å²) < 4.78 is 0. The topological polar surface area (TPSA) is 54.7 Å². The number of nitrogens with two attached hydrogens (primary N) is 1. The SMILES string of the molecule is Nc1nccc2c1[nH]c1ccccc12. The number of nitrogens with one attached hydrogen (secondary N) is 1. The summed E-state index contributed by atoms with van der Waals surface area (Å²) in [5.74, 6) is 0.554. The molecule has 2 heterocycles. The number of hydrogen-bond acceptors (Lipinski definition) is 2. The molecule has 2 aromatic heterocycles. The van der Waals surface area contributed by atoms with Gasteiger partial charge in [0.15, 0.2) is 0 Å². The number of benzene rings is 1. The van der Waals surface area contributed by atoms with E-state index in [1.54, 1.807) is 6.20 Å². The van der Waals surface area contributed by atoms with Crippen molar-refractivity contribution in [1.29, 1.82) is 0 Å². The molecule has 0 saturated carbocycles. The molecule has 0 aliphatic heterocycles. The highest BCUT2D eigenvalue weighted by Crippen LogP contribution is 2.26. The Kier molecular flexibility index (Phi) is 1.31. The van der Waals surface area contributed by atoms with Crippen LogP contribution in [0.25, 0.3) is 21.8 Å². The van der Waals surface area contributed by atoms with Gasteiger partial charge in [-0.25, -0.2) is 4.98 Å². The van der Waals surface area contributed by atoms with E-state index in [-0.39, 0.29) is 0 Å². The van der Waals surface area contributed by atoms with Crippen molar-refractivity contribution in [1.82, 2.24) is 9.97 Å². The summed E-state index contributed by atoms with van der Waals surface area (Å²) in [5, 5.41) is 2.32. The van der Waals surface area contributed by atoms with E-state index >= 15 is 0 Å². The van der Waals surface area contributed by atoms with E-state index in [1.807, 2.05) is 24.3 Å². The minimum absolute atomic E-state index is 0.554. The van der Waals surface area contributed by atoms with Crippen LogP contribution in [0.2, 0.25) is 0 Å². The molecule has 0 spiro atoms. The average Bonchev–Trinajstić information content (AvgIpc) is 2.59. The zero-order chi connectivity index (χ0) is 9.54. The second-order valence-corrected chi connectivity index (χ2v) is 3.29. The molecule has 0 aliphatic carbocycles. The Morgan fingerprint density at radius 1 is 1.07 bits per heavy atom. The zero-order valence-corrected chi connectivity index (χ0v) is 7.49. The lowest BCUT2D eigenvalue weighted by molar-refractivity contribution is 1.35. The van der Waals surface area contributed by atoms with Gasteiger partial charge < -0.3 is 10.7 Å². The summed E-state index contributed by atoms with van der Waals surface area (Å²) in [5.41, 5.74) is 7.80. The third-order valence-corrected chi connectivity index (χ3v) is 2.46. The summed E-state index contributed by atoms with van der Waals surface area (Å²) in [6.07, 6.45) is 1.73. The van der Waals surface area contributed by atoms with E-state index in [4.69, 9.17) is 5.73 Å². The van der Waals surface area contributed by atoms with Crippen molar-refractivity contribution in [3.05, 3.63) is 36.5 Å². The Morgan fingerprint density at radius 3 is 2.86 bits per heavy atom. The van der Waals surface area contributed by atoms with Crippen molar-refractivity contribution in [2.24, 2.45) is 0 Å². The van der Waals surface area contributed by atoms with Crippen LogP contribution in [-0.2, 0) is 0 Å². The molecule has 3 rings (SSSR count). The molecule has 0 atom stereocenters. The first kappa shape index (κ1) is 7.38. The molecular formula is C11H9N3. The number of fused-ring (bicyclic) bond motifs is 3. The molecule has 14 heavy (non-hydrogen) atoms. The second kappa shape index (κ2) is 2.48. The van der Waals surface area contributed by atoms with Crippen LogP contribution in [0.1, 0.15) is 0 Å². The van der Waals surface area contributed by atoms with Crippen molar-refractivity contribution in [3.63, 3.8) is 0 Å². The number of nitrogens with zero attached hydrogens (tertiary/aromatic N) is 1. The number of nitrogen functional groups attached to an aromatic ring is 1. The fourth-order valence-corrected chi connectivity index (χ4v) is 1.80. The Hall–Kier alpha value is -2.03. The third kappa shape index (κ3) is 0.836. The number of H-pyrrole nitrogens is 1. The zero-order valence-electron chi connectivity index (χ0n) is 7.49. The fourth-order valence-electron chi connectivity index (χ4n) is 1.80. The normalized spacial score (nSPS) is 11.1. The molecule has 3 heteroatoms. The minimum Gasteiger partial charge on any atom is -0.382 e. The van der Waals surface area contributed by atoms with Crippen molar-refractivity contribution >= 4 is 27.6 Å². The van der Waals surface area contributed by atoms with Crippen molar-refractivity contribution < 1.29 is 0 Å². The van der Waals surface area contributed by atoms with Gasteiger partial charge in [0.05, 0.1) is 5.52 Å². The van der Waals surface area contributed by atoms with E-state index in [2.05, 4.69) is 16.0 Å². The van der Waals surface area contributed by atoms with Gasteiger partial charge in [-0.15, -0.1) is 0 Å². The molecule has 0 saturated heterocycles. The summed E-state index contributed by atoms with van der Waals surface area (Å²) in [7, 11) is 0. The van der Waals surface area contributed by atoms with Gasteiger partial charge in [-0.05, 0) is 12.1 Å². The molecule has 1 aromatic carbocycles. The summed E-state index contributed by atoms with van der Waals surface area (Å²) >= 11 is 0. The molecule has 0 fully saturated rings. The third-order valence-electron chi connectivity index (χ3n) is 2.46. The van der Waals surface area contributed by atoms with Gasteiger partial charge in [-0.1, -0.05) is 18.2 Å². The Bertz CT molecular complexity index is 610. The predicted molar refractivity (Wildman–Crippen MR) is 58.0 cm³/mol. The van der Waals surface area contributed by atoms with Crippen LogP contribution in [0, 0.1) is 0 Å². The first-order valence-corrected chi connectivity index (χ1v) is 4.47. The smallest absolute Gasteiger partial charge is 0.147 e. The summed E-state index contributed by atoms with van der Waals surface area (Å²) in [6.45, 7) is 0. The van der Waals surface area contributed by atoms with E-state index in [0.717, 1.165) is 16.4 Å². The number of para-hydroxylation sites is 1. The lowest BCUT2D eigenvalue weighted by Gasteiger charge is -1.92. The van der Waals surface area contributed by atoms with Gasteiger partial charge >= 0.3 is 0 Å². The lowest BCUT2D eigenvalue weighted by Crippen LogP contribution is -1.89. The van der Waals surface area contributed by atoms with Gasteiger partial charge in [0.1, 0.15) is 5.82 Å². The number of aromatic amines is 1. The van der Waals surface area contributed by atoms with Crippen LogP contribution in [0.3, 0.4) is 0 Å². The van der Waals surface area contributed by atoms with Gasteiger partial charge in [0.25, 0.3) is 0 Å². The maximum absolute atomic E-state index is 5.78. The van der Waals surface area contributed by atoms with Crippen LogP contribution >= 0.6 is 0 Å². The Labute approximate surface area is 80.6 Å². The molecule has 0 unspecified atom stereocenters. The quantitative estimate of drug-likeness (QED) is 0.561. The fraction of sp³-hybridized carbons (Fsp3) is 0. The van der Waals surface area contributed by atoms with E-state index in [9.17, 15) is 0 Å². The molecule has 3 nitrogen and oxygen atoms in total. The Morgan fingerprint density at radius 2 is 1.93 bits per heavy atom. The number of pyridine rings is 1. The summed E-state index contributed by atoms with van der Waals surface area (Å²) in [4.78, 5) is 7.31. The van der Waals surface area contributed by atoms with Crippen LogP contribution in [0.15, 0.2) is 36.5 Å². The van der Waals surface area contributed by atoms with Crippen LogP contribution < -0.4 is 5.73 Å². The van der Waals surface area contributed by atoms with Gasteiger partial charge in [0.2, 0.25) is 0 Å². The van der Waals surface area contributed by atoms with Gasteiger partial charge in [0, 0.05) is 22.5 Å².